The molecule has 0 bridgehead atoms. The molecule has 0 radical (unpaired) electrons. The first kappa shape index (κ1) is 12.9. The van der Waals surface area contributed by atoms with Crippen molar-refractivity contribution in [3.05, 3.63) is 34.2 Å². The van der Waals surface area contributed by atoms with E-state index in [9.17, 15) is 9.59 Å². The maximum absolute atomic E-state index is 11.9. The molecule has 1 aromatic heterocycles. The second kappa shape index (κ2) is 4.96. The number of nitrogens with zero attached hydrogens (tertiary/aromatic N) is 1. The van der Waals surface area contributed by atoms with Gasteiger partial charge in [0.05, 0.1) is 5.56 Å². The monoisotopic (exact) mass is 249 g/mol. The Morgan fingerprint density at radius 1 is 1.33 bits per heavy atom. The Morgan fingerprint density at radius 2 is 2.06 bits per heavy atom. The van der Waals surface area contributed by atoms with Crippen LogP contribution in [0.3, 0.4) is 0 Å². The fourth-order valence-corrected chi connectivity index (χ4v) is 2.84. The minimum Gasteiger partial charge on any atom is -0.478 e. The van der Waals surface area contributed by atoms with Crippen molar-refractivity contribution in [3.63, 3.8) is 0 Å². The maximum Gasteiger partial charge on any atom is 0.337 e. The Kier molecular flexibility index (Phi) is 3.55. The third kappa shape index (κ3) is 2.33. The van der Waals surface area contributed by atoms with Crippen molar-refractivity contribution < 1.29 is 9.90 Å². The van der Waals surface area contributed by atoms with Crippen molar-refractivity contribution >= 4 is 5.97 Å². The number of carbonyl (C=O) groups is 1. The quantitative estimate of drug-likeness (QED) is 0.876. The van der Waals surface area contributed by atoms with Gasteiger partial charge in [0.2, 0.25) is 0 Å². The summed E-state index contributed by atoms with van der Waals surface area (Å²) in [5, 5.41) is 9.00. The van der Waals surface area contributed by atoms with Gasteiger partial charge in [0, 0.05) is 18.3 Å². The van der Waals surface area contributed by atoms with Gasteiger partial charge in [-0.1, -0.05) is 26.7 Å². The zero-order valence-corrected chi connectivity index (χ0v) is 10.8. The van der Waals surface area contributed by atoms with E-state index in [0.29, 0.717) is 11.8 Å². The van der Waals surface area contributed by atoms with Gasteiger partial charge in [-0.2, -0.15) is 0 Å². The van der Waals surface area contributed by atoms with E-state index in [4.69, 9.17) is 5.11 Å². The molecule has 0 aromatic carbocycles. The first-order valence-corrected chi connectivity index (χ1v) is 6.46. The zero-order chi connectivity index (χ0) is 13.3. The van der Waals surface area contributed by atoms with Crippen LogP contribution in [0, 0.1) is 11.8 Å². The summed E-state index contributed by atoms with van der Waals surface area (Å²) in [6.07, 6.45) is 4.73. The molecule has 2 rings (SSSR count). The average Bonchev–Trinajstić information content (AvgIpc) is 2.33. The third-order valence-electron chi connectivity index (χ3n) is 4.21. The molecule has 1 fully saturated rings. The highest BCUT2D eigenvalue weighted by molar-refractivity contribution is 5.87. The van der Waals surface area contributed by atoms with Gasteiger partial charge in [0.15, 0.2) is 0 Å². The highest BCUT2D eigenvalue weighted by Crippen LogP contribution is 2.36. The first-order valence-electron chi connectivity index (χ1n) is 6.46. The lowest BCUT2D eigenvalue weighted by atomic mass is 9.78. The molecule has 1 aromatic rings. The third-order valence-corrected chi connectivity index (χ3v) is 4.21. The molecular weight excluding hydrogens is 230 g/mol. The summed E-state index contributed by atoms with van der Waals surface area (Å²) in [6.45, 7) is 4.34. The van der Waals surface area contributed by atoms with Crippen molar-refractivity contribution in [2.24, 2.45) is 11.8 Å². The highest BCUT2D eigenvalue weighted by atomic mass is 16.4. The fraction of sp³-hybridized carbons (Fsp3) is 0.571. The van der Waals surface area contributed by atoms with Gasteiger partial charge in [-0.25, -0.2) is 4.79 Å². The lowest BCUT2D eigenvalue weighted by Crippen LogP contribution is -2.33. The van der Waals surface area contributed by atoms with E-state index in [1.165, 1.54) is 24.8 Å². The van der Waals surface area contributed by atoms with E-state index in [-0.39, 0.29) is 17.2 Å². The number of aromatic carboxylic acids is 1. The molecule has 4 heteroatoms. The lowest BCUT2D eigenvalue weighted by Gasteiger charge is -2.35. The van der Waals surface area contributed by atoms with Gasteiger partial charge in [0.1, 0.15) is 0 Å². The number of aromatic nitrogens is 1. The number of hydrogen-bond donors (Lipinski definition) is 1. The standard InChI is InChI=1S/C14H19NO3/c1-9-4-3-5-12(10(9)2)15-8-11(14(17)18)6-7-13(15)16/h6-10,12H,3-5H2,1-2H3,(H,17,18). The Morgan fingerprint density at radius 3 is 2.72 bits per heavy atom. The normalized spacial score (nSPS) is 28.0. The van der Waals surface area contributed by atoms with Gasteiger partial charge < -0.3 is 9.67 Å². The van der Waals surface area contributed by atoms with Gasteiger partial charge in [-0.15, -0.1) is 0 Å². The molecule has 3 unspecified atom stereocenters. The Bertz CT molecular complexity index is 506. The van der Waals surface area contributed by atoms with E-state index in [2.05, 4.69) is 13.8 Å². The van der Waals surface area contributed by atoms with Crippen molar-refractivity contribution in [2.45, 2.75) is 39.2 Å². The molecule has 1 saturated carbocycles. The van der Waals surface area contributed by atoms with Crippen molar-refractivity contribution in [2.75, 3.05) is 0 Å². The van der Waals surface area contributed by atoms with E-state index in [1.807, 2.05) is 0 Å². The van der Waals surface area contributed by atoms with Crippen LogP contribution in [0.5, 0.6) is 0 Å². The predicted octanol–water partition coefficient (Wildman–Crippen LogP) is 2.54. The molecule has 3 atom stereocenters. The number of rotatable bonds is 2. The van der Waals surface area contributed by atoms with Crippen LogP contribution in [0.15, 0.2) is 23.1 Å². The highest BCUT2D eigenvalue weighted by Gasteiger charge is 2.29. The zero-order valence-electron chi connectivity index (χ0n) is 10.8. The summed E-state index contributed by atoms with van der Waals surface area (Å²) in [5.41, 5.74) is 0.0750. The van der Waals surface area contributed by atoms with Crippen LogP contribution in [-0.4, -0.2) is 15.6 Å². The topological polar surface area (TPSA) is 59.3 Å². The summed E-state index contributed by atoms with van der Waals surface area (Å²) < 4.78 is 1.61. The number of carboxylic acids is 1. The molecule has 0 spiro atoms. The number of hydrogen-bond acceptors (Lipinski definition) is 2. The minimum absolute atomic E-state index is 0.106. The summed E-state index contributed by atoms with van der Waals surface area (Å²) in [7, 11) is 0. The Labute approximate surface area is 106 Å². The molecule has 0 aliphatic heterocycles. The molecule has 1 N–H and O–H groups in total. The first-order chi connectivity index (χ1) is 8.50. The lowest BCUT2D eigenvalue weighted by molar-refractivity contribution is 0.0695. The van der Waals surface area contributed by atoms with Crippen LogP contribution in [0.1, 0.15) is 49.5 Å². The second-order valence-electron chi connectivity index (χ2n) is 5.30. The molecule has 98 valence electrons. The van der Waals surface area contributed by atoms with E-state index in [0.717, 1.165) is 12.8 Å². The SMILES string of the molecule is CC1CCCC(n2cc(C(=O)O)ccc2=O)C1C. The largest absolute Gasteiger partial charge is 0.478 e. The van der Waals surface area contributed by atoms with E-state index in [1.54, 1.807) is 4.57 Å². The van der Waals surface area contributed by atoms with Crippen LogP contribution < -0.4 is 5.56 Å². The molecule has 18 heavy (non-hydrogen) atoms. The smallest absolute Gasteiger partial charge is 0.337 e. The van der Waals surface area contributed by atoms with E-state index < -0.39 is 5.97 Å². The van der Waals surface area contributed by atoms with Crippen molar-refractivity contribution in [1.29, 1.82) is 0 Å². The molecule has 0 amide bonds. The molecule has 0 saturated heterocycles. The fourth-order valence-electron chi connectivity index (χ4n) is 2.84. The maximum atomic E-state index is 11.9. The summed E-state index contributed by atoms with van der Waals surface area (Å²) >= 11 is 0. The van der Waals surface area contributed by atoms with Crippen LogP contribution in [0.4, 0.5) is 0 Å². The molecule has 1 aliphatic rings. The van der Waals surface area contributed by atoms with Gasteiger partial charge >= 0.3 is 5.97 Å². The van der Waals surface area contributed by atoms with Crippen LogP contribution in [0.2, 0.25) is 0 Å². The van der Waals surface area contributed by atoms with Crippen LogP contribution >= 0.6 is 0 Å². The minimum atomic E-state index is -0.986. The summed E-state index contributed by atoms with van der Waals surface area (Å²) in [5.74, 6) is -0.00936. The average molecular weight is 249 g/mol. The summed E-state index contributed by atoms with van der Waals surface area (Å²) in [6, 6.07) is 2.86. The summed E-state index contributed by atoms with van der Waals surface area (Å²) in [4.78, 5) is 22.9. The second-order valence-corrected chi connectivity index (χ2v) is 5.30. The van der Waals surface area contributed by atoms with Crippen molar-refractivity contribution in [3.8, 4) is 0 Å². The Balaban J connectivity index is 2.40. The van der Waals surface area contributed by atoms with Gasteiger partial charge in [0.25, 0.3) is 5.56 Å². The van der Waals surface area contributed by atoms with E-state index >= 15 is 0 Å². The van der Waals surface area contributed by atoms with Crippen LogP contribution in [-0.2, 0) is 0 Å². The van der Waals surface area contributed by atoms with Gasteiger partial charge in [-0.05, 0) is 24.3 Å². The Hall–Kier alpha value is -1.58. The number of carboxylic acid groups (broad SMARTS) is 1. The number of pyridine rings is 1. The predicted molar refractivity (Wildman–Crippen MR) is 68.9 cm³/mol. The van der Waals surface area contributed by atoms with Gasteiger partial charge in [-0.3, -0.25) is 4.79 Å². The molecule has 4 nitrogen and oxygen atoms in total. The van der Waals surface area contributed by atoms with Crippen LogP contribution in [0.25, 0.3) is 0 Å². The molecule has 1 heterocycles. The molecule has 1 aliphatic carbocycles. The van der Waals surface area contributed by atoms with Crippen molar-refractivity contribution in [1.82, 2.24) is 4.57 Å². The molecular formula is C14H19NO3.